The largest absolute Gasteiger partial charge is 0.145 e. The lowest BCUT2D eigenvalue weighted by Gasteiger charge is -2.24. The molecule has 1 aliphatic carbocycles. The van der Waals surface area contributed by atoms with Crippen LogP contribution in [0.5, 0.6) is 0 Å². The van der Waals surface area contributed by atoms with Crippen molar-refractivity contribution in [2.24, 2.45) is 0 Å². The highest BCUT2D eigenvalue weighted by atomic mass is 14.1. The fourth-order valence-electron chi connectivity index (χ4n) is 2.11. The Bertz CT molecular complexity index is 124. The Kier molecular flexibility index (Phi) is 1.83. The van der Waals surface area contributed by atoms with Gasteiger partial charge in [0.25, 0.3) is 0 Å². The van der Waals surface area contributed by atoms with Gasteiger partial charge >= 0.3 is 0 Å². The summed E-state index contributed by atoms with van der Waals surface area (Å²) in [6.45, 7) is 0. The zero-order valence-corrected chi connectivity index (χ0v) is 6.53. The van der Waals surface area contributed by atoms with Crippen LogP contribution in [0.4, 0.5) is 0 Å². The minimum Gasteiger partial charge on any atom is -0.110 e. The third-order valence-corrected chi connectivity index (χ3v) is 2.70. The van der Waals surface area contributed by atoms with E-state index in [2.05, 4.69) is 7.28 Å². The Hall–Kier alpha value is -0.195. The highest BCUT2D eigenvalue weighted by Crippen LogP contribution is 2.31. The molecule has 0 saturated carbocycles. The van der Waals surface area contributed by atoms with Crippen molar-refractivity contribution >= 4 is 7.28 Å². The van der Waals surface area contributed by atoms with Gasteiger partial charge in [-0.25, -0.2) is 0 Å². The van der Waals surface area contributed by atoms with Crippen LogP contribution in [-0.4, -0.2) is 7.28 Å². The molecule has 1 heteroatoms. The summed E-state index contributed by atoms with van der Waals surface area (Å²) in [6, 6.07) is 0. The SMILES string of the molecule is [B]1CCCC2=C1CCCC2. The third kappa shape index (κ3) is 1.14. The Morgan fingerprint density at radius 3 is 2.60 bits per heavy atom. The molecule has 2 aliphatic rings. The van der Waals surface area contributed by atoms with E-state index >= 15 is 0 Å². The monoisotopic (exact) mass is 133 g/mol. The van der Waals surface area contributed by atoms with Gasteiger partial charge in [-0.1, -0.05) is 24.7 Å². The first-order chi connectivity index (χ1) is 4.97. The molecule has 1 radical (unpaired) electrons. The molecule has 53 valence electrons. The molecule has 0 unspecified atom stereocenters. The van der Waals surface area contributed by atoms with Crippen molar-refractivity contribution in [2.75, 3.05) is 0 Å². The van der Waals surface area contributed by atoms with Gasteiger partial charge in [0.2, 0.25) is 0 Å². The van der Waals surface area contributed by atoms with E-state index in [-0.39, 0.29) is 0 Å². The first kappa shape index (κ1) is 6.51. The molecule has 0 aromatic rings. The fraction of sp³-hybridized carbons (Fsp3) is 0.778. The maximum atomic E-state index is 2.47. The minimum atomic E-state index is 1.35. The summed E-state index contributed by atoms with van der Waals surface area (Å²) in [5.74, 6) is 0. The molecule has 0 fully saturated rings. The molecular weight excluding hydrogens is 119 g/mol. The second kappa shape index (κ2) is 2.81. The van der Waals surface area contributed by atoms with E-state index in [0.29, 0.717) is 0 Å². The van der Waals surface area contributed by atoms with E-state index in [1.807, 2.05) is 0 Å². The molecular formula is C9H14B. The first-order valence-corrected chi connectivity index (χ1v) is 4.51. The molecule has 0 nitrogen and oxygen atoms in total. The molecule has 0 bridgehead atoms. The lowest BCUT2D eigenvalue weighted by Crippen LogP contribution is -2.10. The van der Waals surface area contributed by atoms with E-state index < -0.39 is 0 Å². The molecule has 0 spiro atoms. The molecule has 0 aromatic carbocycles. The summed E-state index contributed by atoms with van der Waals surface area (Å²) in [7, 11) is 2.47. The van der Waals surface area contributed by atoms with Crippen molar-refractivity contribution in [3.8, 4) is 0 Å². The number of allylic oxidation sites excluding steroid dienone is 2. The maximum absolute atomic E-state index is 2.47. The van der Waals surface area contributed by atoms with E-state index in [4.69, 9.17) is 0 Å². The predicted octanol–water partition coefficient (Wildman–Crippen LogP) is 2.73. The van der Waals surface area contributed by atoms with Gasteiger partial charge in [0.1, 0.15) is 7.28 Å². The van der Waals surface area contributed by atoms with E-state index in [9.17, 15) is 0 Å². The fourth-order valence-corrected chi connectivity index (χ4v) is 2.11. The molecule has 0 amide bonds. The highest BCUT2D eigenvalue weighted by molar-refractivity contribution is 6.45. The summed E-state index contributed by atoms with van der Waals surface area (Å²) in [5.41, 5.74) is 3.51. The predicted molar refractivity (Wildman–Crippen MR) is 45.3 cm³/mol. The van der Waals surface area contributed by atoms with Crippen LogP contribution >= 0.6 is 0 Å². The van der Waals surface area contributed by atoms with E-state index in [1.165, 1.54) is 44.8 Å². The molecule has 0 saturated heterocycles. The topological polar surface area (TPSA) is 0 Å². The van der Waals surface area contributed by atoms with E-state index in [0.717, 1.165) is 0 Å². The van der Waals surface area contributed by atoms with Crippen LogP contribution < -0.4 is 0 Å². The Balaban J connectivity index is 2.14. The second-order valence-electron chi connectivity index (χ2n) is 3.43. The normalized spacial score (nSPS) is 25.6. The van der Waals surface area contributed by atoms with E-state index in [1.54, 1.807) is 11.0 Å². The van der Waals surface area contributed by atoms with Gasteiger partial charge in [0.05, 0.1) is 0 Å². The van der Waals surface area contributed by atoms with Crippen LogP contribution in [0, 0.1) is 0 Å². The van der Waals surface area contributed by atoms with Crippen molar-refractivity contribution in [1.82, 2.24) is 0 Å². The van der Waals surface area contributed by atoms with Crippen molar-refractivity contribution in [1.29, 1.82) is 0 Å². The lowest BCUT2D eigenvalue weighted by atomic mass is 9.56. The first-order valence-electron chi connectivity index (χ1n) is 4.51. The molecule has 2 rings (SSSR count). The van der Waals surface area contributed by atoms with Crippen molar-refractivity contribution in [3.05, 3.63) is 11.0 Å². The molecule has 0 aromatic heterocycles. The van der Waals surface area contributed by atoms with Crippen LogP contribution in [0.3, 0.4) is 0 Å². The minimum absolute atomic E-state index is 1.35. The Morgan fingerprint density at radius 1 is 0.900 bits per heavy atom. The van der Waals surface area contributed by atoms with Crippen molar-refractivity contribution < 1.29 is 0 Å². The summed E-state index contributed by atoms with van der Waals surface area (Å²) < 4.78 is 0. The summed E-state index contributed by atoms with van der Waals surface area (Å²) in [5, 5.41) is 0. The van der Waals surface area contributed by atoms with Gasteiger partial charge in [-0.15, -0.1) is 5.47 Å². The Morgan fingerprint density at radius 2 is 1.70 bits per heavy atom. The van der Waals surface area contributed by atoms with Gasteiger partial charge in [-0.3, -0.25) is 0 Å². The van der Waals surface area contributed by atoms with Crippen LogP contribution in [-0.2, 0) is 0 Å². The number of hydrogen-bond donors (Lipinski definition) is 0. The lowest BCUT2D eigenvalue weighted by molar-refractivity contribution is 0.650. The number of rotatable bonds is 0. The summed E-state index contributed by atoms with van der Waals surface area (Å²) >= 11 is 0. The van der Waals surface area contributed by atoms with Crippen LogP contribution in [0.25, 0.3) is 0 Å². The van der Waals surface area contributed by atoms with Gasteiger partial charge in [-0.2, -0.15) is 0 Å². The van der Waals surface area contributed by atoms with Gasteiger partial charge in [-0.05, 0) is 25.7 Å². The van der Waals surface area contributed by atoms with Crippen molar-refractivity contribution in [2.45, 2.75) is 44.8 Å². The maximum Gasteiger partial charge on any atom is 0.145 e. The van der Waals surface area contributed by atoms with Gasteiger partial charge < -0.3 is 0 Å². The number of hydrogen-bond acceptors (Lipinski definition) is 0. The van der Waals surface area contributed by atoms with Gasteiger partial charge in [0.15, 0.2) is 0 Å². The summed E-state index contributed by atoms with van der Waals surface area (Å²) in [4.78, 5) is 0. The Labute approximate surface area is 63.9 Å². The smallest absolute Gasteiger partial charge is 0.110 e. The van der Waals surface area contributed by atoms with Crippen LogP contribution in [0.2, 0.25) is 6.32 Å². The average molecular weight is 133 g/mol. The van der Waals surface area contributed by atoms with Crippen LogP contribution in [0.15, 0.2) is 11.0 Å². The molecule has 1 heterocycles. The average Bonchev–Trinajstić information content (AvgIpc) is 2.05. The zero-order chi connectivity index (χ0) is 6.81. The molecule has 1 aliphatic heterocycles. The molecule has 10 heavy (non-hydrogen) atoms. The third-order valence-electron chi connectivity index (χ3n) is 2.70. The second-order valence-corrected chi connectivity index (χ2v) is 3.43. The van der Waals surface area contributed by atoms with Crippen molar-refractivity contribution in [3.63, 3.8) is 0 Å². The summed E-state index contributed by atoms with van der Waals surface area (Å²) in [6.07, 6.45) is 9.85. The zero-order valence-electron chi connectivity index (χ0n) is 6.53. The van der Waals surface area contributed by atoms with Crippen LogP contribution in [0.1, 0.15) is 38.5 Å². The molecule has 0 N–H and O–H groups in total. The highest BCUT2D eigenvalue weighted by Gasteiger charge is 2.15. The standard InChI is InChI=1S/C9H14B/c1-2-6-9-8(4-1)5-3-7-10-9/h1-7H2. The quantitative estimate of drug-likeness (QED) is 0.445. The van der Waals surface area contributed by atoms with Gasteiger partial charge in [0, 0.05) is 0 Å². The molecule has 0 atom stereocenters.